The molecule has 5 rings (SSSR count). The molecule has 8 heteroatoms. The first-order valence-electron chi connectivity index (χ1n) is 11.2. The van der Waals surface area contributed by atoms with E-state index in [0.717, 1.165) is 34.0 Å². The lowest BCUT2D eigenvalue weighted by Crippen LogP contribution is -2.29. The van der Waals surface area contributed by atoms with Gasteiger partial charge in [0.15, 0.2) is 5.11 Å². The van der Waals surface area contributed by atoms with Crippen molar-refractivity contribution in [3.63, 3.8) is 0 Å². The SMILES string of the molecule is CC(=O)Nc1ccc(N2C(=S)N[C@H](c3ccccn3)[C@@H]2c2ccc(-c3cc(Cl)ccc3C)o2)cc1. The second-order valence-electron chi connectivity index (χ2n) is 8.39. The summed E-state index contributed by atoms with van der Waals surface area (Å²) >= 11 is 12.0. The van der Waals surface area contributed by atoms with Gasteiger partial charge in [-0.2, -0.15) is 0 Å². The first kappa shape index (κ1) is 23.1. The van der Waals surface area contributed by atoms with E-state index in [2.05, 4.69) is 15.6 Å². The van der Waals surface area contributed by atoms with Crippen LogP contribution >= 0.6 is 23.8 Å². The molecule has 0 aliphatic carbocycles. The number of amides is 1. The third kappa shape index (κ3) is 4.65. The van der Waals surface area contributed by atoms with Crippen LogP contribution < -0.4 is 15.5 Å². The van der Waals surface area contributed by atoms with E-state index in [1.165, 1.54) is 6.92 Å². The van der Waals surface area contributed by atoms with E-state index >= 15 is 0 Å². The number of hydrogen-bond acceptors (Lipinski definition) is 4. The average molecular weight is 503 g/mol. The number of carbonyl (C=O) groups is 1. The molecule has 6 nitrogen and oxygen atoms in total. The van der Waals surface area contributed by atoms with Crippen molar-refractivity contribution in [1.29, 1.82) is 0 Å². The Morgan fingerprint density at radius 2 is 1.91 bits per heavy atom. The lowest BCUT2D eigenvalue weighted by molar-refractivity contribution is -0.114. The highest BCUT2D eigenvalue weighted by atomic mass is 35.5. The normalized spacial score (nSPS) is 17.3. The number of furan rings is 1. The molecule has 3 heterocycles. The van der Waals surface area contributed by atoms with Crippen LogP contribution in [0.1, 0.15) is 36.0 Å². The zero-order valence-corrected chi connectivity index (χ0v) is 20.7. The van der Waals surface area contributed by atoms with E-state index in [1.54, 1.807) is 6.20 Å². The molecule has 1 fully saturated rings. The van der Waals surface area contributed by atoms with Gasteiger partial charge in [0.1, 0.15) is 17.6 Å². The number of rotatable bonds is 5. The van der Waals surface area contributed by atoms with E-state index in [0.29, 0.717) is 15.8 Å². The molecule has 1 saturated heterocycles. The third-order valence-corrected chi connectivity index (χ3v) is 6.50. The molecule has 2 N–H and O–H groups in total. The van der Waals surface area contributed by atoms with E-state index in [-0.39, 0.29) is 18.0 Å². The van der Waals surface area contributed by atoms with Crippen LogP contribution in [-0.4, -0.2) is 16.0 Å². The van der Waals surface area contributed by atoms with Gasteiger partial charge in [-0.1, -0.05) is 23.7 Å². The summed E-state index contributed by atoms with van der Waals surface area (Å²) in [5.74, 6) is 1.36. The molecule has 0 unspecified atom stereocenters. The maximum absolute atomic E-state index is 11.4. The zero-order valence-electron chi connectivity index (χ0n) is 19.2. The molecule has 2 aromatic carbocycles. The van der Waals surface area contributed by atoms with Crippen molar-refractivity contribution in [3.05, 3.63) is 101 Å². The fourth-order valence-electron chi connectivity index (χ4n) is 4.35. The summed E-state index contributed by atoms with van der Waals surface area (Å²) in [7, 11) is 0. The number of nitrogens with one attached hydrogen (secondary N) is 2. The number of carbonyl (C=O) groups excluding carboxylic acids is 1. The van der Waals surface area contributed by atoms with Crippen LogP contribution in [0, 0.1) is 6.92 Å². The molecule has 0 saturated carbocycles. The van der Waals surface area contributed by atoms with Gasteiger partial charge in [-0.05, 0) is 85.4 Å². The van der Waals surface area contributed by atoms with Crippen LogP contribution in [0.4, 0.5) is 11.4 Å². The molecule has 1 aliphatic rings. The number of nitrogens with zero attached hydrogens (tertiary/aromatic N) is 2. The fraction of sp³-hybridized carbons (Fsp3) is 0.148. The molecule has 1 amide bonds. The highest BCUT2D eigenvalue weighted by Gasteiger charge is 2.42. The van der Waals surface area contributed by atoms with E-state index < -0.39 is 0 Å². The van der Waals surface area contributed by atoms with Crippen LogP contribution in [0.3, 0.4) is 0 Å². The highest BCUT2D eigenvalue weighted by molar-refractivity contribution is 7.80. The predicted octanol–water partition coefficient (Wildman–Crippen LogP) is 6.44. The predicted molar refractivity (Wildman–Crippen MR) is 143 cm³/mol. The Morgan fingerprint density at radius 3 is 2.63 bits per heavy atom. The number of anilines is 2. The van der Waals surface area contributed by atoms with Gasteiger partial charge in [0.05, 0.1) is 11.7 Å². The van der Waals surface area contributed by atoms with Gasteiger partial charge in [-0.3, -0.25) is 9.78 Å². The Balaban J connectivity index is 1.57. The van der Waals surface area contributed by atoms with Gasteiger partial charge in [0, 0.05) is 35.1 Å². The van der Waals surface area contributed by atoms with Crippen LogP contribution in [0.5, 0.6) is 0 Å². The van der Waals surface area contributed by atoms with Crippen molar-refractivity contribution >= 4 is 46.2 Å². The van der Waals surface area contributed by atoms with Crippen LogP contribution in [0.25, 0.3) is 11.3 Å². The number of benzene rings is 2. The minimum atomic E-state index is -0.280. The van der Waals surface area contributed by atoms with Gasteiger partial charge < -0.3 is 20.0 Å². The Bertz CT molecular complexity index is 1390. The van der Waals surface area contributed by atoms with Gasteiger partial charge in [0.2, 0.25) is 5.91 Å². The van der Waals surface area contributed by atoms with E-state index in [1.807, 2.05) is 84.6 Å². The molecule has 176 valence electrons. The monoisotopic (exact) mass is 502 g/mol. The molecular formula is C27H23ClN4O2S. The molecule has 4 aromatic rings. The number of aromatic nitrogens is 1. The quantitative estimate of drug-likeness (QED) is 0.306. The van der Waals surface area contributed by atoms with Crippen molar-refractivity contribution in [2.75, 3.05) is 10.2 Å². The summed E-state index contributed by atoms with van der Waals surface area (Å²) < 4.78 is 6.43. The van der Waals surface area contributed by atoms with Crippen LogP contribution in [0.2, 0.25) is 5.02 Å². The van der Waals surface area contributed by atoms with Gasteiger partial charge in [-0.15, -0.1) is 0 Å². The molecule has 0 radical (unpaired) electrons. The lowest BCUT2D eigenvalue weighted by Gasteiger charge is -2.26. The highest BCUT2D eigenvalue weighted by Crippen LogP contribution is 2.43. The number of hydrogen-bond donors (Lipinski definition) is 2. The van der Waals surface area contributed by atoms with Crippen LogP contribution in [0.15, 0.2) is 83.4 Å². The summed E-state index contributed by atoms with van der Waals surface area (Å²) in [4.78, 5) is 18.0. The van der Waals surface area contributed by atoms with Crippen molar-refractivity contribution < 1.29 is 9.21 Å². The maximum atomic E-state index is 11.4. The summed E-state index contributed by atoms with van der Waals surface area (Å²) in [5, 5.41) is 7.44. The molecule has 2 atom stereocenters. The summed E-state index contributed by atoms with van der Waals surface area (Å²) in [6.45, 7) is 3.51. The minimum Gasteiger partial charge on any atom is -0.459 e. The summed E-state index contributed by atoms with van der Waals surface area (Å²) in [5.41, 5.74) is 4.46. The average Bonchev–Trinajstić information content (AvgIpc) is 3.46. The summed E-state index contributed by atoms with van der Waals surface area (Å²) in [6, 6.07) is 22.6. The third-order valence-electron chi connectivity index (χ3n) is 5.95. The largest absolute Gasteiger partial charge is 0.459 e. The second-order valence-corrected chi connectivity index (χ2v) is 9.21. The lowest BCUT2D eigenvalue weighted by atomic mass is 10.0. The standard InChI is InChI=1S/C27H23ClN4O2S/c1-16-6-7-18(28)15-21(16)23-12-13-24(34-23)26-25(22-5-3-4-14-29-22)31-27(35)32(26)20-10-8-19(9-11-20)30-17(2)33/h3-15,25-26H,1-2H3,(H,30,33)(H,31,35)/t25-,26+/m1/s1. The molecule has 35 heavy (non-hydrogen) atoms. The second kappa shape index (κ2) is 9.52. The smallest absolute Gasteiger partial charge is 0.221 e. The Kier molecular flexibility index (Phi) is 6.28. The maximum Gasteiger partial charge on any atom is 0.221 e. The molecular weight excluding hydrogens is 480 g/mol. The van der Waals surface area contributed by atoms with Crippen molar-refractivity contribution in [2.24, 2.45) is 0 Å². The van der Waals surface area contributed by atoms with Crippen molar-refractivity contribution in [1.82, 2.24) is 10.3 Å². The molecule has 0 bridgehead atoms. The van der Waals surface area contributed by atoms with E-state index in [4.69, 9.17) is 28.2 Å². The first-order chi connectivity index (χ1) is 16.9. The van der Waals surface area contributed by atoms with Crippen molar-refractivity contribution in [2.45, 2.75) is 25.9 Å². The van der Waals surface area contributed by atoms with Crippen LogP contribution in [-0.2, 0) is 4.79 Å². The topological polar surface area (TPSA) is 70.4 Å². The molecule has 1 aliphatic heterocycles. The molecule has 2 aromatic heterocycles. The fourth-order valence-corrected chi connectivity index (χ4v) is 4.86. The first-order valence-corrected chi connectivity index (χ1v) is 11.9. The zero-order chi connectivity index (χ0) is 24.5. The number of halogens is 1. The summed E-state index contributed by atoms with van der Waals surface area (Å²) in [6.07, 6.45) is 1.77. The van der Waals surface area contributed by atoms with E-state index in [9.17, 15) is 4.79 Å². The number of pyridine rings is 1. The number of thiocarbonyl (C=S) groups is 1. The van der Waals surface area contributed by atoms with Crippen molar-refractivity contribution in [3.8, 4) is 11.3 Å². The minimum absolute atomic E-state index is 0.122. The van der Waals surface area contributed by atoms with Gasteiger partial charge in [0.25, 0.3) is 0 Å². The molecule has 0 spiro atoms. The van der Waals surface area contributed by atoms with Gasteiger partial charge >= 0.3 is 0 Å². The Morgan fingerprint density at radius 1 is 1.11 bits per heavy atom. The van der Waals surface area contributed by atoms with Gasteiger partial charge in [-0.25, -0.2) is 0 Å². The Hall–Kier alpha value is -3.68. The Labute approximate surface area is 213 Å². The number of aryl methyl sites for hydroxylation is 1.